The molecule has 1 aromatic carbocycles. The molecule has 1 fully saturated rings. The van der Waals surface area contributed by atoms with Crippen molar-refractivity contribution in [1.82, 2.24) is 0 Å². The molecule has 0 amide bonds. The number of aliphatic hydroxyl groups is 1. The molecule has 2 rings (SSSR count). The van der Waals surface area contributed by atoms with Crippen molar-refractivity contribution in [3.05, 3.63) is 35.4 Å². The highest BCUT2D eigenvalue weighted by Crippen LogP contribution is 2.41. The number of benzene rings is 1. The predicted molar refractivity (Wildman–Crippen MR) is 71.0 cm³/mol. The minimum Gasteiger partial charge on any atom is -0.388 e. The van der Waals surface area contributed by atoms with Crippen LogP contribution in [0.2, 0.25) is 0 Å². The van der Waals surface area contributed by atoms with Crippen LogP contribution in [0.15, 0.2) is 24.3 Å². The smallest absolute Gasteiger partial charge is 0.0837 e. The average molecular weight is 233 g/mol. The fraction of sp³-hybridized carbons (Fsp3) is 0.600. The van der Waals surface area contributed by atoms with Gasteiger partial charge in [0.2, 0.25) is 0 Å². The van der Waals surface area contributed by atoms with E-state index in [4.69, 9.17) is 5.73 Å². The molecular formula is C15H23NO. The van der Waals surface area contributed by atoms with Crippen LogP contribution in [-0.4, -0.2) is 17.3 Å². The highest BCUT2D eigenvalue weighted by atomic mass is 16.3. The Kier molecular flexibility index (Phi) is 3.55. The van der Waals surface area contributed by atoms with Crippen molar-refractivity contribution in [2.45, 2.75) is 44.6 Å². The lowest BCUT2D eigenvalue weighted by atomic mass is 9.89. The average Bonchev–Trinajstić information content (AvgIpc) is 3.13. The Balaban J connectivity index is 2.07. The summed E-state index contributed by atoms with van der Waals surface area (Å²) < 4.78 is 0. The van der Waals surface area contributed by atoms with Gasteiger partial charge >= 0.3 is 0 Å². The van der Waals surface area contributed by atoms with Gasteiger partial charge in [0.15, 0.2) is 0 Å². The summed E-state index contributed by atoms with van der Waals surface area (Å²) in [7, 11) is 0. The van der Waals surface area contributed by atoms with E-state index in [9.17, 15) is 5.11 Å². The van der Waals surface area contributed by atoms with Gasteiger partial charge < -0.3 is 10.8 Å². The first-order valence-electron chi connectivity index (χ1n) is 6.56. The Hall–Kier alpha value is -0.860. The van der Waals surface area contributed by atoms with Crippen molar-refractivity contribution in [2.24, 2.45) is 11.7 Å². The third-order valence-corrected chi connectivity index (χ3v) is 3.85. The molecule has 1 aromatic rings. The van der Waals surface area contributed by atoms with E-state index < -0.39 is 5.60 Å². The van der Waals surface area contributed by atoms with Crippen LogP contribution in [0.25, 0.3) is 0 Å². The first-order chi connectivity index (χ1) is 8.05. The van der Waals surface area contributed by atoms with Crippen molar-refractivity contribution < 1.29 is 5.11 Å². The van der Waals surface area contributed by atoms with Gasteiger partial charge in [0.25, 0.3) is 0 Å². The van der Waals surface area contributed by atoms with Gasteiger partial charge in [-0.1, -0.05) is 38.1 Å². The summed E-state index contributed by atoms with van der Waals surface area (Å²) in [6, 6.07) is 8.56. The second kappa shape index (κ2) is 4.79. The Morgan fingerprint density at radius 2 is 1.88 bits per heavy atom. The SMILES string of the molecule is CC(C)c1ccc(CC(O)(CN)C2CC2)cc1. The molecular weight excluding hydrogens is 210 g/mol. The zero-order valence-corrected chi connectivity index (χ0v) is 10.8. The summed E-state index contributed by atoms with van der Waals surface area (Å²) in [6.07, 6.45) is 2.93. The standard InChI is InChI=1S/C15H23NO/c1-11(2)13-5-3-12(4-6-13)9-15(17,10-16)14-7-8-14/h3-6,11,14,17H,7-10,16H2,1-2H3. The van der Waals surface area contributed by atoms with Crippen molar-refractivity contribution >= 4 is 0 Å². The molecule has 1 unspecified atom stereocenters. The zero-order valence-electron chi connectivity index (χ0n) is 10.8. The molecule has 3 N–H and O–H groups in total. The van der Waals surface area contributed by atoms with Crippen molar-refractivity contribution in [2.75, 3.05) is 6.54 Å². The fourth-order valence-corrected chi connectivity index (χ4v) is 2.38. The monoisotopic (exact) mass is 233 g/mol. The van der Waals surface area contributed by atoms with E-state index in [0.29, 0.717) is 24.8 Å². The molecule has 0 radical (unpaired) electrons. The van der Waals surface area contributed by atoms with E-state index in [2.05, 4.69) is 38.1 Å². The number of hydrogen-bond donors (Lipinski definition) is 2. The largest absolute Gasteiger partial charge is 0.388 e. The van der Waals surface area contributed by atoms with Gasteiger partial charge in [-0.15, -0.1) is 0 Å². The highest BCUT2D eigenvalue weighted by Gasteiger charge is 2.42. The minimum atomic E-state index is -0.681. The summed E-state index contributed by atoms with van der Waals surface area (Å²) in [5, 5.41) is 10.5. The molecule has 0 saturated heterocycles. The molecule has 0 heterocycles. The molecule has 1 aliphatic carbocycles. The summed E-state index contributed by atoms with van der Waals surface area (Å²) in [6.45, 7) is 4.74. The number of rotatable bonds is 5. The van der Waals surface area contributed by atoms with E-state index >= 15 is 0 Å². The second-order valence-corrected chi connectivity index (χ2v) is 5.66. The van der Waals surface area contributed by atoms with Gasteiger partial charge in [-0.25, -0.2) is 0 Å². The van der Waals surface area contributed by atoms with Gasteiger partial charge in [0.1, 0.15) is 0 Å². The normalized spacial score (nSPS) is 19.4. The summed E-state index contributed by atoms with van der Waals surface area (Å²) in [5.74, 6) is 0.971. The Morgan fingerprint density at radius 3 is 2.29 bits per heavy atom. The molecule has 0 aliphatic heterocycles. The quantitative estimate of drug-likeness (QED) is 0.820. The maximum atomic E-state index is 10.5. The van der Waals surface area contributed by atoms with E-state index in [1.54, 1.807) is 0 Å². The van der Waals surface area contributed by atoms with Crippen LogP contribution in [0.5, 0.6) is 0 Å². The Morgan fingerprint density at radius 1 is 1.29 bits per heavy atom. The van der Waals surface area contributed by atoms with Gasteiger partial charge in [-0.2, -0.15) is 0 Å². The van der Waals surface area contributed by atoms with Crippen molar-refractivity contribution in [3.8, 4) is 0 Å². The third kappa shape index (κ3) is 2.88. The van der Waals surface area contributed by atoms with E-state index in [-0.39, 0.29) is 0 Å². The Bertz CT molecular complexity index is 367. The van der Waals surface area contributed by atoms with Gasteiger partial charge in [-0.05, 0) is 35.8 Å². The van der Waals surface area contributed by atoms with E-state index in [1.165, 1.54) is 11.1 Å². The maximum absolute atomic E-state index is 10.5. The molecule has 0 aromatic heterocycles. The molecule has 0 bridgehead atoms. The molecule has 0 spiro atoms. The topological polar surface area (TPSA) is 46.2 Å². The minimum absolute atomic E-state index is 0.365. The summed E-state index contributed by atoms with van der Waals surface area (Å²) >= 11 is 0. The molecule has 1 aliphatic rings. The Labute approximate surface area is 104 Å². The zero-order chi connectivity index (χ0) is 12.5. The number of hydrogen-bond acceptors (Lipinski definition) is 2. The van der Waals surface area contributed by atoms with Crippen molar-refractivity contribution in [3.63, 3.8) is 0 Å². The lowest BCUT2D eigenvalue weighted by molar-refractivity contribution is 0.0267. The first kappa shape index (κ1) is 12.6. The molecule has 17 heavy (non-hydrogen) atoms. The van der Waals surface area contributed by atoms with Crippen LogP contribution < -0.4 is 5.73 Å². The lowest BCUT2D eigenvalue weighted by Gasteiger charge is -2.26. The molecule has 2 heteroatoms. The fourth-order valence-electron chi connectivity index (χ4n) is 2.38. The summed E-state index contributed by atoms with van der Waals surface area (Å²) in [5.41, 5.74) is 7.58. The lowest BCUT2D eigenvalue weighted by Crippen LogP contribution is -2.42. The van der Waals surface area contributed by atoms with Crippen LogP contribution in [-0.2, 0) is 6.42 Å². The third-order valence-electron chi connectivity index (χ3n) is 3.85. The molecule has 1 atom stereocenters. The van der Waals surface area contributed by atoms with Gasteiger partial charge in [0.05, 0.1) is 5.60 Å². The molecule has 2 nitrogen and oxygen atoms in total. The molecule has 1 saturated carbocycles. The van der Waals surface area contributed by atoms with E-state index in [1.807, 2.05) is 0 Å². The van der Waals surface area contributed by atoms with Crippen molar-refractivity contribution in [1.29, 1.82) is 0 Å². The molecule has 94 valence electrons. The van der Waals surface area contributed by atoms with Crippen LogP contribution in [0.3, 0.4) is 0 Å². The van der Waals surface area contributed by atoms with Gasteiger partial charge in [-0.3, -0.25) is 0 Å². The maximum Gasteiger partial charge on any atom is 0.0837 e. The predicted octanol–water partition coefficient (Wildman–Crippen LogP) is 2.45. The van der Waals surface area contributed by atoms with E-state index in [0.717, 1.165) is 12.8 Å². The first-order valence-corrected chi connectivity index (χ1v) is 6.56. The van der Waals surface area contributed by atoms with Crippen LogP contribution in [0.1, 0.15) is 43.7 Å². The number of nitrogens with two attached hydrogens (primary N) is 1. The van der Waals surface area contributed by atoms with Crippen LogP contribution in [0.4, 0.5) is 0 Å². The van der Waals surface area contributed by atoms with Gasteiger partial charge in [0, 0.05) is 13.0 Å². The van der Waals surface area contributed by atoms with Crippen LogP contribution >= 0.6 is 0 Å². The summed E-state index contributed by atoms with van der Waals surface area (Å²) in [4.78, 5) is 0. The van der Waals surface area contributed by atoms with Crippen LogP contribution in [0, 0.1) is 5.92 Å². The highest BCUT2D eigenvalue weighted by molar-refractivity contribution is 5.26. The second-order valence-electron chi connectivity index (χ2n) is 5.66.